The summed E-state index contributed by atoms with van der Waals surface area (Å²) >= 11 is 0. The highest BCUT2D eigenvalue weighted by Gasteiger charge is 2.26. The summed E-state index contributed by atoms with van der Waals surface area (Å²) in [4.78, 5) is 22.1. The Hall–Kier alpha value is -2.99. The molecule has 2 radical (unpaired) electrons. The maximum Gasteiger partial charge on any atom is 0.256 e. The zero-order valence-electron chi connectivity index (χ0n) is 14.8. The molecule has 4 aromatic rings. The van der Waals surface area contributed by atoms with Crippen molar-refractivity contribution >= 4 is 41.0 Å². The Kier molecular flexibility index (Phi) is 3.79. The van der Waals surface area contributed by atoms with Crippen LogP contribution in [0.5, 0.6) is 0 Å². The third-order valence-corrected chi connectivity index (χ3v) is 5.13. The molecule has 0 atom stereocenters. The van der Waals surface area contributed by atoms with Crippen LogP contribution in [0.3, 0.4) is 0 Å². The molecule has 1 aliphatic rings. The van der Waals surface area contributed by atoms with Crippen LogP contribution in [0.1, 0.15) is 10.4 Å². The van der Waals surface area contributed by atoms with Gasteiger partial charge in [0.05, 0.1) is 30.2 Å². The fourth-order valence-electron chi connectivity index (χ4n) is 3.77. The lowest BCUT2D eigenvalue weighted by molar-refractivity contribution is 0.0304. The first-order valence-corrected chi connectivity index (χ1v) is 9.07. The van der Waals surface area contributed by atoms with Gasteiger partial charge in [0.1, 0.15) is 7.85 Å². The lowest BCUT2D eigenvalue weighted by atomic mass is 9.94. The zero-order valence-corrected chi connectivity index (χ0v) is 14.8. The van der Waals surface area contributed by atoms with Crippen molar-refractivity contribution in [1.82, 2.24) is 14.9 Å². The number of fused-ring (bicyclic) bond motifs is 2. The van der Waals surface area contributed by atoms with Crippen LogP contribution in [0.2, 0.25) is 0 Å². The van der Waals surface area contributed by atoms with Crippen LogP contribution in [0, 0.1) is 0 Å². The number of aromatic nitrogens is 2. The van der Waals surface area contributed by atoms with Crippen molar-refractivity contribution in [1.29, 1.82) is 0 Å². The molecule has 0 saturated carbocycles. The summed E-state index contributed by atoms with van der Waals surface area (Å²) in [5.41, 5.74) is 4.93. The first kappa shape index (κ1) is 16.2. The smallest absolute Gasteiger partial charge is 0.256 e. The molecule has 2 N–H and O–H groups in total. The number of benzene rings is 2. The van der Waals surface area contributed by atoms with Crippen LogP contribution >= 0.6 is 0 Å². The first-order chi connectivity index (χ1) is 13.2. The van der Waals surface area contributed by atoms with Crippen LogP contribution in [-0.2, 0) is 4.74 Å². The largest absolute Gasteiger partial charge is 0.378 e. The summed E-state index contributed by atoms with van der Waals surface area (Å²) in [6, 6.07) is 15.8. The number of carbonyl (C=O) groups is 1. The molecule has 1 amide bonds. The van der Waals surface area contributed by atoms with Gasteiger partial charge in [0.2, 0.25) is 0 Å². The maximum absolute atomic E-state index is 13.4. The number of carbonyl (C=O) groups excluding carboxylic acids is 1. The van der Waals surface area contributed by atoms with Gasteiger partial charge in [0.25, 0.3) is 5.91 Å². The summed E-state index contributed by atoms with van der Waals surface area (Å²) in [6.45, 7) is 2.35. The van der Waals surface area contributed by atoms with E-state index in [9.17, 15) is 4.79 Å². The fraction of sp³-hybridized carbons (Fsp3) is 0.190. The summed E-state index contributed by atoms with van der Waals surface area (Å²) in [5.74, 6) is 0.0166. The number of morpholine rings is 1. The molecule has 2 aromatic carbocycles. The zero-order chi connectivity index (χ0) is 18.4. The molecule has 1 saturated heterocycles. The van der Waals surface area contributed by atoms with Gasteiger partial charge in [-0.2, -0.15) is 0 Å². The topological polar surface area (TPSA) is 61.1 Å². The van der Waals surface area contributed by atoms with Crippen molar-refractivity contribution in [3.05, 3.63) is 54.1 Å². The Balaban J connectivity index is 1.71. The van der Waals surface area contributed by atoms with Gasteiger partial charge in [0, 0.05) is 34.9 Å². The number of rotatable bonds is 2. The van der Waals surface area contributed by atoms with E-state index in [1.54, 1.807) is 0 Å². The predicted molar refractivity (Wildman–Crippen MR) is 108 cm³/mol. The molecular weight excluding hydrogens is 337 g/mol. The van der Waals surface area contributed by atoms with E-state index in [4.69, 9.17) is 12.6 Å². The van der Waals surface area contributed by atoms with Crippen LogP contribution in [0.25, 0.3) is 33.2 Å². The number of amides is 1. The lowest BCUT2D eigenvalue weighted by Gasteiger charge is -2.27. The number of hydrogen-bond donors (Lipinski definition) is 2. The molecular formula is C21H18BN3O2. The second-order valence-electron chi connectivity index (χ2n) is 6.85. The number of aromatic amines is 2. The molecule has 0 spiro atoms. The molecule has 6 heteroatoms. The van der Waals surface area contributed by atoms with Gasteiger partial charge in [-0.25, -0.2) is 0 Å². The highest BCUT2D eigenvalue weighted by Crippen LogP contribution is 2.32. The number of hydrogen-bond acceptors (Lipinski definition) is 2. The van der Waals surface area contributed by atoms with Crippen LogP contribution in [0.4, 0.5) is 0 Å². The molecule has 2 aromatic heterocycles. The predicted octanol–water partition coefficient (Wildman–Crippen LogP) is 2.58. The number of H-pyrrole nitrogens is 2. The summed E-state index contributed by atoms with van der Waals surface area (Å²) < 4.78 is 5.40. The summed E-state index contributed by atoms with van der Waals surface area (Å²) in [5, 5.41) is 1.99. The average Bonchev–Trinajstić information content (AvgIpc) is 3.28. The van der Waals surface area contributed by atoms with Crippen molar-refractivity contribution in [2.45, 2.75) is 0 Å². The highest BCUT2D eigenvalue weighted by molar-refractivity contribution is 6.33. The number of nitrogens with zero attached hydrogens (tertiary/aromatic N) is 1. The van der Waals surface area contributed by atoms with Gasteiger partial charge >= 0.3 is 0 Å². The standard InChI is InChI=1S/C21H18BN3O2/c22-14-5-6-15-17(12-14)24-20(18-11-13-3-1-2-4-16(13)23-18)19(15)21(26)25-7-9-27-10-8-25/h1-6,11-12,23-24H,7-10H2. The third-order valence-electron chi connectivity index (χ3n) is 5.13. The van der Waals surface area contributed by atoms with Gasteiger partial charge in [-0.15, -0.1) is 0 Å². The normalized spacial score (nSPS) is 14.9. The van der Waals surface area contributed by atoms with Gasteiger partial charge in [-0.3, -0.25) is 4.79 Å². The maximum atomic E-state index is 13.4. The van der Waals surface area contributed by atoms with E-state index < -0.39 is 0 Å². The summed E-state index contributed by atoms with van der Waals surface area (Å²) in [6.07, 6.45) is 0. The van der Waals surface area contributed by atoms with E-state index in [0.29, 0.717) is 37.3 Å². The molecule has 27 heavy (non-hydrogen) atoms. The Labute approximate surface area is 157 Å². The molecule has 1 fully saturated rings. The summed E-state index contributed by atoms with van der Waals surface area (Å²) in [7, 11) is 5.96. The monoisotopic (exact) mass is 355 g/mol. The minimum Gasteiger partial charge on any atom is -0.378 e. The quantitative estimate of drug-likeness (QED) is 0.543. The molecule has 0 bridgehead atoms. The van der Waals surface area contributed by atoms with E-state index >= 15 is 0 Å². The molecule has 132 valence electrons. The minimum absolute atomic E-state index is 0.0166. The van der Waals surface area contributed by atoms with Crippen molar-refractivity contribution in [2.75, 3.05) is 26.3 Å². The van der Waals surface area contributed by atoms with E-state index in [1.165, 1.54) is 0 Å². The van der Waals surface area contributed by atoms with Crippen molar-refractivity contribution in [2.24, 2.45) is 0 Å². The van der Waals surface area contributed by atoms with Gasteiger partial charge < -0.3 is 19.6 Å². The average molecular weight is 355 g/mol. The van der Waals surface area contributed by atoms with Crippen LogP contribution in [0.15, 0.2) is 48.5 Å². The molecule has 0 unspecified atom stereocenters. The Morgan fingerprint density at radius 2 is 1.81 bits per heavy atom. The first-order valence-electron chi connectivity index (χ1n) is 9.07. The van der Waals surface area contributed by atoms with Crippen LogP contribution in [-0.4, -0.2) is 54.9 Å². The van der Waals surface area contributed by atoms with Gasteiger partial charge in [-0.05, 0) is 18.2 Å². The highest BCUT2D eigenvalue weighted by atomic mass is 16.5. The van der Waals surface area contributed by atoms with Gasteiger partial charge in [-0.1, -0.05) is 35.8 Å². The van der Waals surface area contributed by atoms with Crippen molar-refractivity contribution in [3.8, 4) is 11.4 Å². The van der Waals surface area contributed by atoms with E-state index in [1.807, 2.05) is 41.3 Å². The third kappa shape index (κ3) is 2.73. The molecule has 5 rings (SSSR count). The SMILES string of the molecule is [B]c1ccc2c(C(=O)N3CCOCC3)c(-c3cc4ccccc4[nH]3)[nH]c2c1. The lowest BCUT2D eigenvalue weighted by Crippen LogP contribution is -2.40. The van der Waals surface area contributed by atoms with E-state index in [0.717, 1.165) is 33.2 Å². The molecule has 1 aliphatic heterocycles. The molecule has 0 aliphatic carbocycles. The second-order valence-corrected chi connectivity index (χ2v) is 6.85. The Morgan fingerprint density at radius 1 is 1.00 bits per heavy atom. The van der Waals surface area contributed by atoms with E-state index in [-0.39, 0.29) is 5.91 Å². The fourth-order valence-corrected chi connectivity index (χ4v) is 3.77. The van der Waals surface area contributed by atoms with E-state index in [2.05, 4.69) is 22.1 Å². The van der Waals surface area contributed by atoms with Crippen molar-refractivity contribution in [3.63, 3.8) is 0 Å². The van der Waals surface area contributed by atoms with Crippen LogP contribution < -0.4 is 5.46 Å². The number of para-hydroxylation sites is 1. The molecule has 5 nitrogen and oxygen atoms in total. The number of ether oxygens (including phenoxy) is 1. The van der Waals surface area contributed by atoms with Crippen molar-refractivity contribution < 1.29 is 9.53 Å². The van der Waals surface area contributed by atoms with Gasteiger partial charge in [0.15, 0.2) is 0 Å². The Bertz CT molecular complexity index is 1120. The number of nitrogens with one attached hydrogen (secondary N) is 2. The Morgan fingerprint density at radius 3 is 2.63 bits per heavy atom. The molecule has 3 heterocycles. The minimum atomic E-state index is 0.0166. The second kappa shape index (κ2) is 6.32.